The van der Waals surface area contributed by atoms with E-state index in [2.05, 4.69) is 38.1 Å². The molecule has 1 aromatic rings. The summed E-state index contributed by atoms with van der Waals surface area (Å²) in [5.74, 6) is 0.945. The van der Waals surface area contributed by atoms with Crippen molar-refractivity contribution in [2.45, 2.75) is 25.8 Å². The molecular formula is C12H18BrN3. The molecule has 2 rings (SSSR count). The van der Waals surface area contributed by atoms with Crippen LogP contribution in [0.4, 0.5) is 5.82 Å². The summed E-state index contributed by atoms with van der Waals surface area (Å²) in [5.41, 5.74) is 0. The predicted molar refractivity (Wildman–Crippen MR) is 70.7 cm³/mol. The molecule has 1 aromatic heterocycles. The minimum absolute atomic E-state index is 0.586. The lowest BCUT2D eigenvalue weighted by Crippen LogP contribution is -2.35. The Morgan fingerprint density at radius 3 is 2.88 bits per heavy atom. The van der Waals surface area contributed by atoms with E-state index in [1.165, 1.54) is 25.9 Å². The highest BCUT2D eigenvalue weighted by Crippen LogP contribution is 2.13. The highest BCUT2D eigenvalue weighted by atomic mass is 79.9. The van der Waals surface area contributed by atoms with Gasteiger partial charge in [0.05, 0.1) is 0 Å². The van der Waals surface area contributed by atoms with E-state index in [1.54, 1.807) is 0 Å². The average molecular weight is 284 g/mol. The summed E-state index contributed by atoms with van der Waals surface area (Å²) in [7, 11) is 0. The van der Waals surface area contributed by atoms with Gasteiger partial charge in [0, 0.05) is 12.6 Å². The number of likely N-dealkylation sites (tertiary alicyclic amines) is 1. The number of aromatic nitrogens is 1. The van der Waals surface area contributed by atoms with Crippen molar-refractivity contribution in [1.82, 2.24) is 9.88 Å². The maximum absolute atomic E-state index is 4.36. The second-order valence-electron chi connectivity index (χ2n) is 4.32. The van der Waals surface area contributed by atoms with E-state index < -0.39 is 0 Å². The molecule has 1 atom stereocenters. The van der Waals surface area contributed by atoms with Crippen LogP contribution in [0.1, 0.15) is 19.8 Å². The fourth-order valence-corrected chi connectivity index (χ4v) is 2.41. The predicted octanol–water partition coefficient (Wildman–Crippen LogP) is 2.74. The van der Waals surface area contributed by atoms with E-state index in [4.69, 9.17) is 0 Å². The normalized spacial score (nSPS) is 18.6. The first-order chi connectivity index (χ1) is 7.75. The Labute approximate surface area is 105 Å². The van der Waals surface area contributed by atoms with Gasteiger partial charge in [-0.1, -0.05) is 6.07 Å². The molecular weight excluding hydrogens is 266 g/mol. The largest absolute Gasteiger partial charge is 0.368 e. The molecule has 0 aromatic carbocycles. The topological polar surface area (TPSA) is 28.2 Å². The van der Waals surface area contributed by atoms with Crippen molar-refractivity contribution in [3.63, 3.8) is 0 Å². The van der Waals surface area contributed by atoms with Crippen molar-refractivity contribution in [3.05, 3.63) is 22.8 Å². The molecule has 0 spiro atoms. The quantitative estimate of drug-likeness (QED) is 0.862. The van der Waals surface area contributed by atoms with E-state index in [1.807, 2.05) is 18.2 Å². The first kappa shape index (κ1) is 11.9. The number of pyridine rings is 1. The van der Waals surface area contributed by atoms with Crippen LogP contribution in [0, 0.1) is 0 Å². The standard InChI is InChI=1S/C12H18BrN3/c1-10(16-7-2-3-8-16)9-14-12-6-4-5-11(13)15-12/h4-6,10H,2-3,7-9H2,1H3,(H,14,15). The SMILES string of the molecule is CC(CNc1cccc(Br)n1)N1CCCC1. The molecule has 1 N–H and O–H groups in total. The third kappa shape index (κ3) is 3.19. The number of hydrogen-bond acceptors (Lipinski definition) is 3. The van der Waals surface area contributed by atoms with Crippen molar-refractivity contribution in [3.8, 4) is 0 Å². The van der Waals surface area contributed by atoms with Gasteiger partial charge < -0.3 is 5.32 Å². The Bertz CT molecular complexity index is 337. The van der Waals surface area contributed by atoms with Gasteiger partial charge in [0.2, 0.25) is 0 Å². The number of nitrogens with one attached hydrogen (secondary N) is 1. The summed E-state index contributed by atoms with van der Waals surface area (Å²) >= 11 is 3.37. The summed E-state index contributed by atoms with van der Waals surface area (Å²) in [6, 6.07) is 6.53. The molecule has 0 aliphatic carbocycles. The Morgan fingerprint density at radius 1 is 1.44 bits per heavy atom. The molecule has 1 aliphatic heterocycles. The van der Waals surface area contributed by atoms with Crippen LogP contribution in [0.5, 0.6) is 0 Å². The number of rotatable bonds is 4. The number of hydrogen-bond donors (Lipinski definition) is 1. The maximum atomic E-state index is 4.36. The molecule has 0 saturated carbocycles. The number of nitrogens with zero attached hydrogens (tertiary/aromatic N) is 2. The van der Waals surface area contributed by atoms with E-state index in [-0.39, 0.29) is 0 Å². The second-order valence-corrected chi connectivity index (χ2v) is 5.13. The lowest BCUT2D eigenvalue weighted by molar-refractivity contribution is 0.269. The Balaban J connectivity index is 1.82. The van der Waals surface area contributed by atoms with Gasteiger partial charge in [-0.15, -0.1) is 0 Å². The van der Waals surface area contributed by atoms with Crippen LogP contribution in [-0.2, 0) is 0 Å². The minimum atomic E-state index is 0.586. The van der Waals surface area contributed by atoms with Gasteiger partial charge in [-0.2, -0.15) is 0 Å². The fourth-order valence-electron chi connectivity index (χ4n) is 2.07. The molecule has 0 amide bonds. The van der Waals surface area contributed by atoms with Crippen molar-refractivity contribution in [1.29, 1.82) is 0 Å². The first-order valence-electron chi connectivity index (χ1n) is 5.86. The third-order valence-corrected chi connectivity index (χ3v) is 3.50. The molecule has 0 bridgehead atoms. The van der Waals surface area contributed by atoms with Crippen LogP contribution in [-0.4, -0.2) is 35.6 Å². The maximum Gasteiger partial charge on any atom is 0.127 e. The zero-order valence-corrected chi connectivity index (χ0v) is 11.2. The van der Waals surface area contributed by atoms with Gasteiger partial charge in [-0.3, -0.25) is 4.90 Å². The highest BCUT2D eigenvalue weighted by Gasteiger charge is 2.17. The van der Waals surface area contributed by atoms with Crippen molar-refractivity contribution >= 4 is 21.7 Å². The van der Waals surface area contributed by atoms with Crippen molar-refractivity contribution < 1.29 is 0 Å². The van der Waals surface area contributed by atoms with Gasteiger partial charge in [-0.25, -0.2) is 4.98 Å². The summed E-state index contributed by atoms with van der Waals surface area (Å²) < 4.78 is 0.881. The van der Waals surface area contributed by atoms with Gasteiger partial charge in [-0.05, 0) is 60.9 Å². The zero-order chi connectivity index (χ0) is 11.4. The molecule has 88 valence electrons. The van der Waals surface area contributed by atoms with Gasteiger partial charge in [0.15, 0.2) is 0 Å². The van der Waals surface area contributed by atoms with E-state index >= 15 is 0 Å². The van der Waals surface area contributed by atoms with Gasteiger partial charge in [0.1, 0.15) is 10.4 Å². The Hall–Kier alpha value is -0.610. The van der Waals surface area contributed by atoms with E-state index in [0.29, 0.717) is 6.04 Å². The molecule has 16 heavy (non-hydrogen) atoms. The summed E-state index contributed by atoms with van der Waals surface area (Å²) in [5, 5.41) is 3.38. The molecule has 2 heterocycles. The summed E-state index contributed by atoms with van der Waals surface area (Å²) in [6.45, 7) is 5.73. The molecule has 4 heteroatoms. The minimum Gasteiger partial charge on any atom is -0.368 e. The molecule has 1 aliphatic rings. The van der Waals surface area contributed by atoms with Crippen LogP contribution in [0.2, 0.25) is 0 Å². The van der Waals surface area contributed by atoms with Crippen LogP contribution < -0.4 is 5.32 Å². The lowest BCUT2D eigenvalue weighted by atomic mass is 10.3. The van der Waals surface area contributed by atoms with E-state index in [9.17, 15) is 0 Å². The Kier molecular flexibility index (Phi) is 4.18. The first-order valence-corrected chi connectivity index (χ1v) is 6.65. The van der Waals surface area contributed by atoms with Gasteiger partial charge >= 0.3 is 0 Å². The zero-order valence-electron chi connectivity index (χ0n) is 9.62. The lowest BCUT2D eigenvalue weighted by Gasteiger charge is -2.24. The summed E-state index contributed by atoms with van der Waals surface area (Å²) in [4.78, 5) is 6.89. The Morgan fingerprint density at radius 2 is 2.19 bits per heavy atom. The van der Waals surface area contributed by atoms with Crippen LogP contribution >= 0.6 is 15.9 Å². The van der Waals surface area contributed by atoms with Crippen LogP contribution in [0.15, 0.2) is 22.8 Å². The number of halogens is 1. The van der Waals surface area contributed by atoms with Crippen LogP contribution in [0.25, 0.3) is 0 Å². The molecule has 1 unspecified atom stereocenters. The fraction of sp³-hybridized carbons (Fsp3) is 0.583. The van der Waals surface area contributed by atoms with E-state index in [0.717, 1.165) is 17.0 Å². The number of anilines is 1. The molecule has 1 fully saturated rings. The smallest absolute Gasteiger partial charge is 0.127 e. The average Bonchev–Trinajstić information content (AvgIpc) is 2.79. The molecule has 3 nitrogen and oxygen atoms in total. The van der Waals surface area contributed by atoms with Crippen LogP contribution in [0.3, 0.4) is 0 Å². The third-order valence-electron chi connectivity index (χ3n) is 3.06. The monoisotopic (exact) mass is 283 g/mol. The second kappa shape index (κ2) is 5.64. The van der Waals surface area contributed by atoms with Gasteiger partial charge in [0.25, 0.3) is 0 Å². The van der Waals surface area contributed by atoms with Crippen molar-refractivity contribution in [2.24, 2.45) is 0 Å². The molecule has 1 saturated heterocycles. The van der Waals surface area contributed by atoms with Crippen molar-refractivity contribution in [2.75, 3.05) is 25.0 Å². The highest BCUT2D eigenvalue weighted by molar-refractivity contribution is 9.10. The molecule has 0 radical (unpaired) electrons. The summed E-state index contributed by atoms with van der Waals surface area (Å²) in [6.07, 6.45) is 2.69.